The molecular weight excluding hydrogens is 323 g/mol. The first-order valence-electron chi connectivity index (χ1n) is 7.67. The number of imidazole rings is 1. The van der Waals surface area contributed by atoms with Crippen LogP contribution in [-0.2, 0) is 18.0 Å². The molecule has 0 aromatic carbocycles. The van der Waals surface area contributed by atoms with Gasteiger partial charge in [-0.15, -0.1) is 10.2 Å². The van der Waals surface area contributed by atoms with Gasteiger partial charge in [0.2, 0.25) is 0 Å². The first-order valence-corrected chi connectivity index (χ1v) is 7.67. The molecule has 24 heavy (non-hydrogen) atoms. The van der Waals surface area contributed by atoms with Gasteiger partial charge in [0.05, 0.1) is 6.04 Å². The minimum absolute atomic E-state index is 0.167. The summed E-state index contributed by atoms with van der Waals surface area (Å²) < 4.78 is 45.1. The molecule has 1 saturated heterocycles. The lowest BCUT2D eigenvalue weighted by Gasteiger charge is -2.30. The number of aryl methyl sites for hydroxylation is 1. The van der Waals surface area contributed by atoms with Crippen molar-refractivity contribution in [3.8, 4) is 0 Å². The van der Waals surface area contributed by atoms with Crippen molar-refractivity contribution in [2.24, 2.45) is 13.0 Å². The van der Waals surface area contributed by atoms with Gasteiger partial charge in [0.25, 0.3) is 0 Å². The van der Waals surface area contributed by atoms with Crippen LogP contribution >= 0.6 is 0 Å². The molecule has 0 spiro atoms. The van der Waals surface area contributed by atoms with Crippen LogP contribution in [0.3, 0.4) is 0 Å². The lowest BCUT2D eigenvalue weighted by atomic mass is 9.91. The van der Waals surface area contributed by atoms with Gasteiger partial charge >= 0.3 is 6.18 Å². The molecule has 1 aliphatic heterocycles. The second-order valence-corrected chi connectivity index (χ2v) is 5.77. The molecular formula is C15H18F3N5O. The van der Waals surface area contributed by atoms with E-state index in [1.54, 1.807) is 6.20 Å². The van der Waals surface area contributed by atoms with E-state index in [9.17, 15) is 13.2 Å². The normalized spacial score (nSPS) is 17.7. The highest BCUT2D eigenvalue weighted by atomic mass is 19.4. The molecule has 9 heteroatoms. The van der Waals surface area contributed by atoms with Crippen molar-refractivity contribution in [3.05, 3.63) is 36.0 Å². The van der Waals surface area contributed by atoms with Crippen molar-refractivity contribution >= 4 is 5.82 Å². The summed E-state index contributed by atoms with van der Waals surface area (Å²) in [7, 11) is 1.88. The van der Waals surface area contributed by atoms with E-state index in [0.717, 1.165) is 24.7 Å². The second kappa shape index (κ2) is 6.76. The van der Waals surface area contributed by atoms with Crippen LogP contribution in [-0.4, -0.2) is 33.0 Å². The number of hydrogen-bond acceptors (Lipinski definition) is 5. The minimum Gasteiger partial charge on any atom is -0.381 e. The Morgan fingerprint density at radius 2 is 2.00 bits per heavy atom. The molecule has 0 bridgehead atoms. The van der Waals surface area contributed by atoms with Crippen LogP contribution in [0.2, 0.25) is 0 Å². The average molecular weight is 341 g/mol. The van der Waals surface area contributed by atoms with Crippen molar-refractivity contribution in [1.29, 1.82) is 0 Å². The summed E-state index contributed by atoms with van der Waals surface area (Å²) in [6.07, 6.45) is 0.728. The highest BCUT2D eigenvalue weighted by Gasteiger charge is 2.33. The fourth-order valence-electron chi connectivity index (χ4n) is 2.84. The number of aromatic nitrogens is 4. The number of alkyl halides is 3. The Bertz CT molecular complexity index is 664. The lowest BCUT2D eigenvalue weighted by molar-refractivity contribution is -0.141. The number of nitrogens with one attached hydrogen (secondary N) is 1. The maximum Gasteiger partial charge on any atom is 0.435 e. The smallest absolute Gasteiger partial charge is 0.381 e. The molecule has 6 nitrogen and oxygen atoms in total. The first-order chi connectivity index (χ1) is 11.4. The number of hydrogen-bond donors (Lipinski definition) is 1. The fraction of sp³-hybridized carbons (Fsp3) is 0.533. The summed E-state index contributed by atoms with van der Waals surface area (Å²) in [5.41, 5.74) is -1.01. The van der Waals surface area contributed by atoms with Crippen LogP contribution in [0.5, 0.6) is 0 Å². The van der Waals surface area contributed by atoms with Gasteiger partial charge in [0.15, 0.2) is 5.69 Å². The van der Waals surface area contributed by atoms with Crippen molar-refractivity contribution in [2.75, 3.05) is 18.5 Å². The molecule has 2 aromatic rings. The third-order valence-corrected chi connectivity index (χ3v) is 4.13. The Kier molecular flexibility index (Phi) is 4.70. The Balaban J connectivity index is 1.82. The molecule has 3 rings (SSSR count). The number of anilines is 1. The van der Waals surface area contributed by atoms with Gasteiger partial charge < -0.3 is 14.6 Å². The number of ether oxygens (including phenoxy) is 1. The fourth-order valence-corrected chi connectivity index (χ4v) is 2.84. The summed E-state index contributed by atoms with van der Waals surface area (Å²) in [6, 6.07) is 2.06. The third kappa shape index (κ3) is 3.66. The van der Waals surface area contributed by atoms with Gasteiger partial charge in [-0.3, -0.25) is 0 Å². The Labute approximate surface area is 137 Å². The number of nitrogens with zero attached hydrogens (tertiary/aromatic N) is 4. The molecule has 1 N–H and O–H groups in total. The molecule has 3 heterocycles. The standard InChI is InChI=1S/C15H18F3N5O/c1-23-7-6-19-14(23)13(10-4-8-24-9-5-10)20-12-3-2-11(21-22-12)15(16,17)18/h2-3,6-7,10,13H,4-5,8-9H2,1H3,(H,20,22)/t13-/m1/s1. The summed E-state index contributed by atoms with van der Waals surface area (Å²) in [4.78, 5) is 4.38. The molecule has 130 valence electrons. The van der Waals surface area contributed by atoms with Gasteiger partial charge in [0, 0.05) is 32.7 Å². The number of halogens is 3. The third-order valence-electron chi connectivity index (χ3n) is 4.13. The summed E-state index contributed by atoms with van der Waals surface area (Å²) in [5.74, 6) is 1.36. The molecule has 1 aliphatic rings. The average Bonchev–Trinajstić information content (AvgIpc) is 2.99. The van der Waals surface area contributed by atoms with Gasteiger partial charge in [0.1, 0.15) is 11.6 Å². The van der Waals surface area contributed by atoms with Crippen molar-refractivity contribution in [2.45, 2.75) is 25.1 Å². The van der Waals surface area contributed by atoms with Crippen LogP contribution in [0.1, 0.15) is 30.4 Å². The summed E-state index contributed by atoms with van der Waals surface area (Å²) in [6.45, 7) is 1.32. The summed E-state index contributed by atoms with van der Waals surface area (Å²) >= 11 is 0. The molecule has 0 radical (unpaired) electrons. The number of rotatable bonds is 4. The first kappa shape index (κ1) is 16.7. The van der Waals surface area contributed by atoms with E-state index in [0.29, 0.717) is 19.0 Å². The van der Waals surface area contributed by atoms with E-state index < -0.39 is 11.9 Å². The summed E-state index contributed by atoms with van der Waals surface area (Å²) in [5, 5.41) is 10.1. The molecule has 0 unspecified atom stereocenters. The van der Waals surface area contributed by atoms with Gasteiger partial charge in [-0.1, -0.05) is 0 Å². The molecule has 0 amide bonds. The second-order valence-electron chi connectivity index (χ2n) is 5.77. The van der Waals surface area contributed by atoms with E-state index in [1.165, 1.54) is 6.07 Å². The molecule has 1 fully saturated rings. The zero-order chi connectivity index (χ0) is 17.2. The van der Waals surface area contributed by atoms with E-state index >= 15 is 0 Å². The van der Waals surface area contributed by atoms with Gasteiger partial charge in [-0.05, 0) is 30.9 Å². The molecule has 1 atom stereocenters. The predicted molar refractivity (Wildman–Crippen MR) is 80.1 cm³/mol. The van der Waals surface area contributed by atoms with E-state index in [4.69, 9.17) is 4.74 Å². The monoisotopic (exact) mass is 341 g/mol. The maximum absolute atomic E-state index is 12.6. The van der Waals surface area contributed by atoms with Crippen molar-refractivity contribution < 1.29 is 17.9 Å². The van der Waals surface area contributed by atoms with E-state index in [2.05, 4.69) is 20.5 Å². The van der Waals surface area contributed by atoms with Crippen LogP contribution in [0.15, 0.2) is 24.5 Å². The van der Waals surface area contributed by atoms with E-state index in [-0.39, 0.29) is 12.0 Å². The van der Waals surface area contributed by atoms with E-state index in [1.807, 2.05) is 17.8 Å². The highest BCUT2D eigenvalue weighted by Crippen LogP contribution is 2.32. The SMILES string of the molecule is Cn1ccnc1[C@H](Nc1ccc(C(F)(F)F)nn1)C1CCOCC1. The zero-order valence-corrected chi connectivity index (χ0v) is 13.1. The van der Waals surface area contributed by atoms with Crippen LogP contribution < -0.4 is 5.32 Å². The largest absolute Gasteiger partial charge is 0.435 e. The minimum atomic E-state index is -4.49. The lowest BCUT2D eigenvalue weighted by Crippen LogP contribution is -2.29. The molecule has 0 saturated carbocycles. The zero-order valence-electron chi connectivity index (χ0n) is 13.1. The highest BCUT2D eigenvalue weighted by molar-refractivity contribution is 5.36. The molecule has 2 aromatic heterocycles. The predicted octanol–water partition coefficient (Wildman–Crippen LogP) is 2.81. The van der Waals surface area contributed by atoms with Crippen LogP contribution in [0.25, 0.3) is 0 Å². The maximum atomic E-state index is 12.6. The van der Waals surface area contributed by atoms with Gasteiger partial charge in [-0.25, -0.2) is 4.98 Å². The molecule has 0 aliphatic carbocycles. The van der Waals surface area contributed by atoms with Gasteiger partial charge in [-0.2, -0.15) is 13.2 Å². The Morgan fingerprint density at radius 1 is 1.25 bits per heavy atom. The van der Waals surface area contributed by atoms with Crippen LogP contribution in [0, 0.1) is 5.92 Å². The Hall–Kier alpha value is -2.16. The van der Waals surface area contributed by atoms with Crippen molar-refractivity contribution in [1.82, 2.24) is 19.7 Å². The topological polar surface area (TPSA) is 64.9 Å². The quantitative estimate of drug-likeness (QED) is 0.926. The van der Waals surface area contributed by atoms with Crippen molar-refractivity contribution in [3.63, 3.8) is 0 Å². The van der Waals surface area contributed by atoms with Crippen LogP contribution in [0.4, 0.5) is 19.0 Å². The Morgan fingerprint density at radius 3 is 2.54 bits per heavy atom.